The largest absolute Gasteiger partial charge is 2.00 e. The molecule has 0 unspecified atom stereocenters. The molecule has 0 rings (SSSR count). The van der Waals surface area contributed by atoms with Crippen molar-refractivity contribution in [3.63, 3.8) is 0 Å². The van der Waals surface area contributed by atoms with Gasteiger partial charge in [0.15, 0.2) is 0 Å². The molecule has 0 atom stereocenters. The van der Waals surface area contributed by atoms with Crippen LogP contribution in [0.15, 0.2) is 11.6 Å². The molecule has 0 aliphatic carbocycles. The average Bonchev–Trinajstić information content (AvgIpc) is 1.61. The van der Waals surface area contributed by atoms with Gasteiger partial charge >= 0.3 is 23.1 Å². The first-order chi connectivity index (χ1) is 3.27. The Bertz CT molecular complexity index is 65.3. The molecule has 0 amide bonds. The van der Waals surface area contributed by atoms with E-state index in [4.69, 9.17) is 0 Å². The molecule has 0 aromatic rings. The van der Waals surface area contributed by atoms with Crippen LogP contribution in [0.25, 0.3) is 0 Å². The number of rotatable bonds is 2. The van der Waals surface area contributed by atoms with Crippen LogP contribution in [0.4, 0.5) is 0 Å². The van der Waals surface area contributed by atoms with E-state index in [0.29, 0.717) is 0 Å². The summed E-state index contributed by atoms with van der Waals surface area (Å²) in [6.45, 7) is 7.93. The SMILES string of the molecule is [Br-].[CH2-]CCC=C(C)C.[Mg+2]. The van der Waals surface area contributed by atoms with Crippen molar-refractivity contribution < 1.29 is 17.0 Å². The molecule has 0 aromatic carbocycles. The Morgan fingerprint density at radius 1 is 1.44 bits per heavy atom. The second-order valence-corrected chi connectivity index (χ2v) is 1.92. The quantitative estimate of drug-likeness (QED) is 0.311. The number of allylic oxidation sites excluding steroid dienone is 2. The molecule has 0 fully saturated rings. The molecule has 0 aliphatic heterocycles. The van der Waals surface area contributed by atoms with Gasteiger partial charge in [-0.3, -0.25) is 0 Å². The Morgan fingerprint density at radius 2 is 1.89 bits per heavy atom. The molecule has 0 N–H and O–H groups in total. The summed E-state index contributed by atoms with van der Waals surface area (Å²) in [4.78, 5) is 0. The molecular weight excluding hydrogens is 188 g/mol. The van der Waals surface area contributed by atoms with Crippen molar-refractivity contribution in [1.29, 1.82) is 0 Å². The van der Waals surface area contributed by atoms with E-state index in [1.807, 2.05) is 0 Å². The Labute approximate surface area is 85.0 Å². The first-order valence-electron chi connectivity index (χ1n) is 2.70. The second-order valence-electron chi connectivity index (χ2n) is 1.92. The summed E-state index contributed by atoms with van der Waals surface area (Å²) in [7, 11) is 0. The Hall–Kier alpha value is 0.986. The van der Waals surface area contributed by atoms with E-state index in [1.54, 1.807) is 0 Å². The first kappa shape index (κ1) is 16.5. The van der Waals surface area contributed by atoms with Crippen LogP contribution in [0.5, 0.6) is 0 Å². The topological polar surface area (TPSA) is 0 Å². The van der Waals surface area contributed by atoms with Crippen molar-refractivity contribution in [1.82, 2.24) is 0 Å². The van der Waals surface area contributed by atoms with Crippen LogP contribution in [0.3, 0.4) is 0 Å². The number of hydrogen-bond acceptors (Lipinski definition) is 0. The van der Waals surface area contributed by atoms with E-state index < -0.39 is 0 Å². The molecule has 2 heteroatoms. The summed E-state index contributed by atoms with van der Waals surface area (Å²) in [5.41, 5.74) is 1.39. The zero-order valence-electron chi connectivity index (χ0n) is 6.28. The maximum atomic E-state index is 3.71. The van der Waals surface area contributed by atoms with Crippen LogP contribution >= 0.6 is 0 Å². The zero-order valence-corrected chi connectivity index (χ0v) is 9.28. The average molecular weight is 201 g/mol. The molecule has 0 bridgehead atoms. The number of hydrogen-bond donors (Lipinski definition) is 0. The van der Waals surface area contributed by atoms with Crippen molar-refractivity contribution in [2.24, 2.45) is 0 Å². The maximum absolute atomic E-state index is 3.71. The van der Waals surface area contributed by atoms with Gasteiger partial charge in [-0.15, -0.1) is 0 Å². The summed E-state index contributed by atoms with van der Waals surface area (Å²) in [6, 6.07) is 0. The Morgan fingerprint density at radius 3 is 2.00 bits per heavy atom. The van der Waals surface area contributed by atoms with Crippen LogP contribution in [0.2, 0.25) is 0 Å². The predicted octanol–water partition coefficient (Wildman–Crippen LogP) is -0.810. The van der Waals surface area contributed by atoms with Crippen molar-refractivity contribution >= 4 is 23.1 Å². The molecular formula is C7H13BrMg. The number of halogens is 1. The molecule has 0 aromatic heterocycles. The van der Waals surface area contributed by atoms with E-state index in [9.17, 15) is 0 Å². The summed E-state index contributed by atoms with van der Waals surface area (Å²) in [5, 5.41) is 0. The summed E-state index contributed by atoms with van der Waals surface area (Å²) in [5.74, 6) is 0. The van der Waals surface area contributed by atoms with E-state index in [-0.39, 0.29) is 40.0 Å². The fraction of sp³-hybridized carbons (Fsp3) is 0.571. The molecule has 0 spiro atoms. The standard InChI is InChI=1S/C7H13.BrH.Mg/c1-4-5-6-7(2)3;;/h6H,1,4-5H2,2-3H3;1H;/q-1;;+2/p-1. The molecule has 0 heterocycles. The normalized spacial score (nSPS) is 6.56. The predicted molar refractivity (Wildman–Crippen MR) is 39.8 cm³/mol. The third-order valence-corrected chi connectivity index (χ3v) is 0.757. The third kappa shape index (κ3) is 17.6. The van der Waals surface area contributed by atoms with Crippen molar-refractivity contribution in [3.8, 4) is 0 Å². The number of unbranched alkanes of at least 4 members (excludes halogenated alkanes) is 1. The second kappa shape index (κ2) is 11.7. The van der Waals surface area contributed by atoms with Crippen LogP contribution < -0.4 is 17.0 Å². The maximum Gasteiger partial charge on any atom is 2.00 e. The monoisotopic (exact) mass is 200 g/mol. The zero-order chi connectivity index (χ0) is 5.70. The van der Waals surface area contributed by atoms with Gasteiger partial charge in [0, 0.05) is 0 Å². The Kier molecular flexibility index (Phi) is 21.6. The van der Waals surface area contributed by atoms with Gasteiger partial charge in [-0.05, 0) is 13.8 Å². The van der Waals surface area contributed by atoms with Gasteiger partial charge in [0.05, 0.1) is 0 Å². The molecule has 0 nitrogen and oxygen atoms in total. The summed E-state index contributed by atoms with van der Waals surface area (Å²) in [6.07, 6.45) is 4.35. The van der Waals surface area contributed by atoms with Gasteiger partial charge in [-0.1, -0.05) is 18.1 Å². The van der Waals surface area contributed by atoms with Crippen LogP contribution in [-0.2, 0) is 0 Å². The van der Waals surface area contributed by atoms with E-state index in [2.05, 4.69) is 26.8 Å². The van der Waals surface area contributed by atoms with E-state index in [0.717, 1.165) is 12.8 Å². The minimum absolute atomic E-state index is 0. The van der Waals surface area contributed by atoms with Gasteiger partial charge in [0.2, 0.25) is 0 Å². The fourth-order valence-electron chi connectivity index (χ4n) is 0.391. The summed E-state index contributed by atoms with van der Waals surface area (Å²) < 4.78 is 0. The van der Waals surface area contributed by atoms with Crippen LogP contribution in [0.1, 0.15) is 26.7 Å². The molecule has 0 saturated heterocycles. The third-order valence-electron chi connectivity index (χ3n) is 0.757. The van der Waals surface area contributed by atoms with Crippen LogP contribution in [0, 0.1) is 6.92 Å². The molecule has 50 valence electrons. The van der Waals surface area contributed by atoms with Gasteiger partial charge in [-0.2, -0.15) is 6.42 Å². The summed E-state index contributed by atoms with van der Waals surface area (Å²) >= 11 is 0. The smallest absolute Gasteiger partial charge is 1.00 e. The van der Waals surface area contributed by atoms with Gasteiger partial charge in [0.25, 0.3) is 0 Å². The molecule has 0 radical (unpaired) electrons. The minimum atomic E-state index is 0. The molecule has 9 heavy (non-hydrogen) atoms. The van der Waals surface area contributed by atoms with Gasteiger partial charge < -0.3 is 23.9 Å². The fourth-order valence-corrected chi connectivity index (χ4v) is 0.391. The Balaban J connectivity index is -0.000000180. The van der Waals surface area contributed by atoms with Gasteiger partial charge in [-0.25, -0.2) is 0 Å². The van der Waals surface area contributed by atoms with Crippen molar-refractivity contribution in [2.75, 3.05) is 0 Å². The first-order valence-corrected chi connectivity index (χ1v) is 2.70. The minimum Gasteiger partial charge on any atom is -1.00 e. The van der Waals surface area contributed by atoms with Gasteiger partial charge in [0.1, 0.15) is 0 Å². The molecule has 0 aliphatic rings. The van der Waals surface area contributed by atoms with Crippen molar-refractivity contribution in [3.05, 3.63) is 18.6 Å². The van der Waals surface area contributed by atoms with Crippen LogP contribution in [-0.4, -0.2) is 23.1 Å². The van der Waals surface area contributed by atoms with E-state index in [1.165, 1.54) is 5.57 Å². The molecule has 0 saturated carbocycles. The van der Waals surface area contributed by atoms with E-state index >= 15 is 0 Å². The van der Waals surface area contributed by atoms with Crippen molar-refractivity contribution in [2.45, 2.75) is 26.7 Å².